The molecule has 2 aromatic carbocycles. The molecule has 0 fully saturated rings. The smallest absolute Gasteiger partial charge is 0.248 e. The van der Waals surface area contributed by atoms with Gasteiger partial charge in [-0.2, -0.15) is 4.98 Å². The molecule has 3 aromatic rings. The monoisotopic (exact) mass is 299 g/mol. The number of benzene rings is 2. The van der Waals surface area contributed by atoms with E-state index >= 15 is 0 Å². The van der Waals surface area contributed by atoms with Crippen molar-refractivity contribution in [2.24, 2.45) is 5.73 Å². The molecular weight excluding hydrogens is 286 g/mol. The van der Waals surface area contributed by atoms with Gasteiger partial charge in [0.15, 0.2) is 5.82 Å². The van der Waals surface area contributed by atoms with Crippen LogP contribution in [0, 0.1) is 0 Å². The number of nitrogens with zero attached hydrogens (tertiary/aromatic N) is 2. The second kappa shape index (κ2) is 6.08. The lowest BCUT2D eigenvalue weighted by Gasteiger charge is -2.05. The quantitative estimate of drug-likeness (QED) is 0.802. The second-order valence-electron chi connectivity index (χ2n) is 4.74. The van der Waals surface area contributed by atoms with E-state index in [1.165, 1.54) is 0 Å². The lowest BCUT2D eigenvalue weighted by Crippen LogP contribution is -2.12. The van der Waals surface area contributed by atoms with Gasteiger partial charge in [0, 0.05) is 11.4 Å². The van der Waals surface area contributed by atoms with Gasteiger partial charge in [0.1, 0.15) is 6.04 Å². The van der Waals surface area contributed by atoms with Gasteiger partial charge in [0.25, 0.3) is 0 Å². The van der Waals surface area contributed by atoms with E-state index in [1.54, 1.807) is 0 Å². The number of rotatable bonds is 4. The first-order valence-corrected chi connectivity index (χ1v) is 6.97. The molecule has 0 aliphatic carbocycles. The van der Waals surface area contributed by atoms with Crippen LogP contribution in [0.4, 0.5) is 0 Å². The average molecular weight is 300 g/mol. The Bertz CT molecular complexity index is 727. The zero-order valence-electron chi connectivity index (χ0n) is 11.2. The molecule has 0 saturated heterocycles. The predicted octanol–water partition coefficient (Wildman–Crippen LogP) is 3.36. The van der Waals surface area contributed by atoms with Crippen LogP contribution in [-0.4, -0.2) is 10.1 Å². The number of halogens is 1. The molecule has 0 aliphatic rings. The molecule has 0 bridgehead atoms. The molecule has 1 aromatic heterocycles. The summed E-state index contributed by atoms with van der Waals surface area (Å²) in [6.45, 7) is 0. The van der Waals surface area contributed by atoms with Gasteiger partial charge < -0.3 is 10.3 Å². The van der Waals surface area contributed by atoms with Gasteiger partial charge in [0.2, 0.25) is 5.89 Å². The van der Waals surface area contributed by atoms with Gasteiger partial charge in [-0.05, 0) is 23.3 Å². The highest BCUT2D eigenvalue weighted by Crippen LogP contribution is 2.19. The Morgan fingerprint density at radius 1 is 1.10 bits per heavy atom. The number of nitrogens with two attached hydrogens (primary N) is 1. The largest absolute Gasteiger partial charge is 0.337 e. The maximum atomic E-state index is 6.13. The molecule has 3 rings (SSSR count). The Morgan fingerprint density at radius 2 is 1.90 bits per heavy atom. The number of hydrogen-bond donors (Lipinski definition) is 1. The third-order valence-corrected chi connectivity index (χ3v) is 3.39. The molecule has 0 spiro atoms. The van der Waals surface area contributed by atoms with Crippen molar-refractivity contribution in [3.05, 3.63) is 82.5 Å². The van der Waals surface area contributed by atoms with Crippen LogP contribution in [0.1, 0.15) is 28.9 Å². The molecule has 0 saturated carbocycles. The van der Waals surface area contributed by atoms with Crippen LogP contribution in [0.15, 0.2) is 59.1 Å². The van der Waals surface area contributed by atoms with E-state index in [2.05, 4.69) is 10.1 Å². The predicted molar refractivity (Wildman–Crippen MR) is 81.0 cm³/mol. The fourth-order valence-electron chi connectivity index (χ4n) is 2.10. The summed E-state index contributed by atoms with van der Waals surface area (Å²) in [7, 11) is 0. The highest BCUT2D eigenvalue weighted by atomic mass is 35.5. The average Bonchev–Trinajstić information content (AvgIpc) is 2.96. The minimum atomic E-state index is -0.410. The molecule has 21 heavy (non-hydrogen) atoms. The summed E-state index contributed by atoms with van der Waals surface area (Å²) in [5, 5.41) is 4.67. The van der Waals surface area contributed by atoms with Crippen LogP contribution in [0.3, 0.4) is 0 Å². The molecule has 1 atom stereocenters. The Labute approximate surface area is 127 Å². The highest BCUT2D eigenvalue weighted by Gasteiger charge is 2.16. The van der Waals surface area contributed by atoms with Crippen LogP contribution >= 0.6 is 11.6 Å². The van der Waals surface area contributed by atoms with E-state index in [1.807, 2.05) is 54.6 Å². The third kappa shape index (κ3) is 3.29. The molecule has 1 heterocycles. The highest BCUT2D eigenvalue weighted by molar-refractivity contribution is 6.30. The van der Waals surface area contributed by atoms with Gasteiger partial charge in [0.05, 0.1) is 0 Å². The molecule has 106 valence electrons. The topological polar surface area (TPSA) is 64.9 Å². The summed E-state index contributed by atoms with van der Waals surface area (Å²) in [6, 6.07) is 16.8. The molecular formula is C16H14ClN3O. The van der Waals surface area contributed by atoms with Crippen LogP contribution in [-0.2, 0) is 6.42 Å². The molecule has 2 N–H and O–H groups in total. The normalized spacial score (nSPS) is 12.3. The molecule has 5 heteroatoms. The summed E-state index contributed by atoms with van der Waals surface area (Å²) < 4.78 is 5.26. The van der Waals surface area contributed by atoms with Crippen molar-refractivity contribution in [3.63, 3.8) is 0 Å². The van der Waals surface area contributed by atoms with Crippen molar-refractivity contribution in [1.82, 2.24) is 10.1 Å². The van der Waals surface area contributed by atoms with Gasteiger partial charge in [-0.15, -0.1) is 0 Å². The van der Waals surface area contributed by atoms with E-state index in [9.17, 15) is 0 Å². The first kappa shape index (κ1) is 13.8. The van der Waals surface area contributed by atoms with Crippen molar-refractivity contribution in [1.29, 1.82) is 0 Å². The van der Waals surface area contributed by atoms with Crippen molar-refractivity contribution >= 4 is 11.6 Å². The van der Waals surface area contributed by atoms with Crippen LogP contribution in [0.5, 0.6) is 0 Å². The minimum Gasteiger partial charge on any atom is -0.337 e. The Balaban J connectivity index is 1.77. The Morgan fingerprint density at radius 3 is 2.67 bits per heavy atom. The van der Waals surface area contributed by atoms with Crippen LogP contribution in [0.25, 0.3) is 0 Å². The summed E-state index contributed by atoms with van der Waals surface area (Å²) in [6.07, 6.45) is 0.561. The van der Waals surface area contributed by atoms with E-state index < -0.39 is 6.04 Å². The Kier molecular flexibility index (Phi) is 3.99. The standard InChI is InChI=1S/C16H14ClN3O/c17-13-8-4-5-11(9-13)10-14-19-16(21-20-14)15(18)12-6-2-1-3-7-12/h1-9,15H,10,18H2. The van der Waals surface area contributed by atoms with E-state index in [4.69, 9.17) is 21.9 Å². The van der Waals surface area contributed by atoms with Gasteiger partial charge in [-0.3, -0.25) is 0 Å². The molecule has 0 aliphatic heterocycles. The third-order valence-electron chi connectivity index (χ3n) is 3.16. The fraction of sp³-hybridized carbons (Fsp3) is 0.125. The van der Waals surface area contributed by atoms with Gasteiger partial charge in [-0.25, -0.2) is 0 Å². The molecule has 4 nitrogen and oxygen atoms in total. The maximum Gasteiger partial charge on any atom is 0.248 e. The number of aromatic nitrogens is 2. The first-order valence-electron chi connectivity index (χ1n) is 6.60. The lowest BCUT2D eigenvalue weighted by atomic mass is 10.1. The summed E-state index contributed by atoms with van der Waals surface area (Å²) in [5.74, 6) is 1.01. The van der Waals surface area contributed by atoms with Crippen molar-refractivity contribution in [2.45, 2.75) is 12.5 Å². The SMILES string of the molecule is NC(c1ccccc1)c1nc(Cc2cccc(Cl)c2)no1. The molecule has 0 amide bonds. The summed E-state index contributed by atoms with van der Waals surface area (Å²) in [5.41, 5.74) is 8.10. The maximum absolute atomic E-state index is 6.13. The van der Waals surface area contributed by atoms with Crippen LogP contribution in [0.2, 0.25) is 5.02 Å². The summed E-state index contributed by atoms with van der Waals surface area (Å²) >= 11 is 5.96. The lowest BCUT2D eigenvalue weighted by molar-refractivity contribution is 0.363. The van der Waals surface area contributed by atoms with Crippen molar-refractivity contribution in [3.8, 4) is 0 Å². The van der Waals surface area contributed by atoms with E-state index in [0.717, 1.165) is 11.1 Å². The van der Waals surface area contributed by atoms with E-state index in [0.29, 0.717) is 23.2 Å². The minimum absolute atomic E-state index is 0.410. The zero-order chi connectivity index (χ0) is 14.7. The van der Waals surface area contributed by atoms with Gasteiger partial charge >= 0.3 is 0 Å². The van der Waals surface area contributed by atoms with E-state index in [-0.39, 0.29) is 0 Å². The molecule has 0 radical (unpaired) electrons. The first-order chi connectivity index (χ1) is 10.2. The van der Waals surface area contributed by atoms with Crippen molar-refractivity contribution in [2.75, 3.05) is 0 Å². The Hall–Kier alpha value is -2.17. The summed E-state index contributed by atoms with van der Waals surface area (Å²) in [4.78, 5) is 4.37. The molecule has 1 unspecified atom stereocenters. The zero-order valence-corrected chi connectivity index (χ0v) is 12.0. The van der Waals surface area contributed by atoms with Crippen LogP contribution < -0.4 is 5.73 Å². The second-order valence-corrected chi connectivity index (χ2v) is 5.18. The van der Waals surface area contributed by atoms with Crippen molar-refractivity contribution < 1.29 is 4.52 Å². The fourth-order valence-corrected chi connectivity index (χ4v) is 2.31. The van der Waals surface area contributed by atoms with Gasteiger partial charge in [-0.1, -0.05) is 59.2 Å². The number of hydrogen-bond acceptors (Lipinski definition) is 4.